The molecule has 3 aromatic carbocycles. The molecule has 0 bridgehead atoms. The summed E-state index contributed by atoms with van der Waals surface area (Å²) in [6.07, 6.45) is -3.95. The van der Waals surface area contributed by atoms with Gasteiger partial charge in [0, 0.05) is 20.0 Å². The average molecular weight is 612 g/mol. The molecule has 220 valence electrons. The Morgan fingerprint density at radius 1 is 1.00 bits per heavy atom. The highest BCUT2D eigenvalue weighted by Crippen LogP contribution is 2.36. The first kappa shape index (κ1) is 31.8. The molecule has 0 saturated carbocycles. The maximum atomic E-state index is 13.9. The van der Waals surface area contributed by atoms with Crippen LogP contribution < -0.4 is 14.4 Å². The summed E-state index contributed by atoms with van der Waals surface area (Å²) in [6.45, 7) is -1.04. The van der Waals surface area contributed by atoms with Crippen LogP contribution in [0.3, 0.4) is 0 Å². The summed E-state index contributed by atoms with van der Waals surface area (Å²) < 4.78 is 71.8. The molecule has 0 aliphatic carbocycles. The van der Waals surface area contributed by atoms with E-state index >= 15 is 0 Å². The lowest BCUT2D eigenvalue weighted by atomic mass is 10.0. The number of methoxy groups -OCH3 is 1. The largest absolute Gasteiger partial charge is 0.497 e. The Hall–Kier alpha value is -3.77. The van der Waals surface area contributed by atoms with E-state index in [9.17, 15) is 31.2 Å². The first-order valence-corrected chi connectivity index (χ1v) is 14.5. The van der Waals surface area contributed by atoms with Crippen molar-refractivity contribution in [3.8, 4) is 5.75 Å². The van der Waals surface area contributed by atoms with E-state index in [1.165, 1.54) is 19.1 Å². The van der Waals surface area contributed by atoms with Crippen LogP contribution in [-0.4, -0.2) is 58.1 Å². The van der Waals surface area contributed by atoms with Gasteiger partial charge in [-0.15, -0.1) is 0 Å². The van der Waals surface area contributed by atoms with Crippen LogP contribution in [0.1, 0.15) is 16.7 Å². The minimum Gasteiger partial charge on any atom is -0.497 e. The Kier molecular flexibility index (Phi) is 10.3. The normalized spacial score (nSPS) is 12.4. The second-order valence-electron chi connectivity index (χ2n) is 9.13. The number of anilines is 1. The molecule has 0 spiro atoms. The summed E-state index contributed by atoms with van der Waals surface area (Å²) >= 11 is 6.14. The highest BCUT2D eigenvalue weighted by atomic mass is 35.5. The molecule has 0 saturated heterocycles. The van der Waals surface area contributed by atoms with Crippen molar-refractivity contribution in [1.82, 2.24) is 10.2 Å². The van der Waals surface area contributed by atoms with Gasteiger partial charge in [0.1, 0.15) is 18.3 Å². The quantitative estimate of drug-likeness (QED) is 0.344. The SMILES string of the molecule is CNC(=O)[C@@H](Cc1ccccc1)N(Cc1cccc(OC)c1)C(=O)CN(c1cc(C(F)(F)F)ccc1Cl)S(C)(=O)=O. The number of sulfonamides is 1. The fraction of sp³-hybridized carbons (Fsp3) is 0.286. The number of likely N-dealkylation sites (N-methyl/N-ethyl adjacent to an activating group) is 1. The van der Waals surface area contributed by atoms with E-state index < -0.39 is 51.9 Å². The van der Waals surface area contributed by atoms with Gasteiger partial charge in [-0.2, -0.15) is 13.2 Å². The lowest BCUT2D eigenvalue weighted by Crippen LogP contribution is -2.52. The fourth-order valence-electron chi connectivity index (χ4n) is 4.16. The third-order valence-corrected chi connectivity index (χ3v) is 7.67. The summed E-state index contributed by atoms with van der Waals surface area (Å²) in [6, 6.07) is 16.7. The van der Waals surface area contributed by atoms with Crippen LogP contribution in [0.5, 0.6) is 5.75 Å². The van der Waals surface area contributed by atoms with Crippen LogP contribution in [0.15, 0.2) is 72.8 Å². The highest BCUT2D eigenvalue weighted by molar-refractivity contribution is 7.92. The van der Waals surface area contributed by atoms with Crippen molar-refractivity contribution in [1.29, 1.82) is 0 Å². The number of nitrogens with zero attached hydrogens (tertiary/aromatic N) is 2. The summed E-state index contributed by atoms with van der Waals surface area (Å²) in [5.41, 5.74) is -0.357. The number of carbonyl (C=O) groups is 2. The Morgan fingerprint density at radius 3 is 2.24 bits per heavy atom. The molecule has 0 aromatic heterocycles. The van der Waals surface area contributed by atoms with Gasteiger partial charge in [0.2, 0.25) is 21.8 Å². The molecule has 0 aliphatic heterocycles. The number of hydrogen-bond acceptors (Lipinski definition) is 5. The molecule has 0 radical (unpaired) electrons. The molecule has 3 rings (SSSR count). The molecule has 0 heterocycles. The number of hydrogen-bond donors (Lipinski definition) is 1. The van der Waals surface area contributed by atoms with E-state index in [2.05, 4.69) is 5.32 Å². The average Bonchev–Trinajstić information content (AvgIpc) is 2.93. The number of carbonyl (C=O) groups excluding carboxylic acids is 2. The summed E-state index contributed by atoms with van der Waals surface area (Å²) in [4.78, 5) is 28.2. The van der Waals surface area contributed by atoms with Crippen molar-refractivity contribution in [3.05, 3.63) is 94.5 Å². The number of alkyl halides is 3. The smallest absolute Gasteiger partial charge is 0.416 e. The topological polar surface area (TPSA) is 96.0 Å². The maximum absolute atomic E-state index is 13.9. The van der Waals surface area contributed by atoms with Gasteiger partial charge >= 0.3 is 6.18 Å². The highest BCUT2D eigenvalue weighted by Gasteiger charge is 2.35. The number of nitrogens with one attached hydrogen (secondary N) is 1. The predicted octanol–water partition coefficient (Wildman–Crippen LogP) is 4.52. The van der Waals surface area contributed by atoms with Crippen LogP contribution in [-0.2, 0) is 38.8 Å². The molecule has 1 atom stereocenters. The van der Waals surface area contributed by atoms with Gasteiger partial charge in [-0.25, -0.2) is 8.42 Å². The summed E-state index contributed by atoms with van der Waals surface area (Å²) in [5.74, 6) is -0.868. The Balaban J connectivity index is 2.10. The van der Waals surface area contributed by atoms with Gasteiger partial charge in [-0.05, 0) is 41.5 Å². The zero-order chi connectivity index (χ0) is 30.4. The second-order valence-corrected chi connectivity index (χ2v) is 11.4. The van der Waals surface area contributed by atoms with Crippen LogP contribution in [0.4, 0.5) is 18.9 Å². The molecule has 0 unspecified atom stereocenters. The molecule has 0 aliphatic rings. The fourth-order valence-corrected chi connectivity index (χ4v) is 5.29. The monoisotopic (exact) mass is 611 g/mol. The van der Waals surface area contributed by atoms with Gasteiger partial charge < -0.3 is 15.0 Å². The first-order chi connectivity index (χ1) is 19.2. The molecular formula is C28H29ClF3N3O5S. The molecule has 13 heteroatoms. The lowest BCUT2D eigenvalue weighted by molar-refractivity contribution is -0.139. The van der Waals surface area contributed by atoms with E-state index in [-0.39, 0.29) is 18.0 Å². The van der Waals surface area contributed by atoms with E-state index in [0.717, 1.165) is 17.9 Å². The lowest BCUT2D eigenvalue weighted by Gasteiger charge is -2.33. The molecular weight excluding hydrogens is 583 g/mol. The molecule has 41 heavy (non-hydrogen) atoms. The van der Waals surface area contributed by atoms with Crippen LogP contribution in [0, 0.1) is 0 Å². The Bertz CT molecular complexity index is 1490. The third kappa shape index (κ3) is 8.37. The van der Waals surface area contributed by atoms with Crippen molar-refractivity contribution in [3.63, 3.8) is 0 Å². The zero-order valence-electron chi connectivity index (χ0n) is 22.5. The Labute approximate surface area is 241 Å². The van der Waals surface area contributed by atoms with Crippen molar-refractivity contribution in [2.24, 2.45) is 0 Å². The number of ether oxygens (including phenoxy) is 1. The van der Waals surface area contributed by atoms with Crippen molar-refractivity contribution in [2.75, 3.05) is 31.3 Å². The van der Waals surface area contributed by atoms with Gasteiger partial charge in [0.25, 0.3) is 0 Å². The molecule has 3 aromatic rings. The standard InChI is InChI=1S/C28H29ClF3N3O5S/c1-33-27(37)25(15-19-8-5-4-6-9-19)34(17-20-10-7-11-22(14-20)40-2)26(36)18-35(41(3,38)39)24-16-21(28(30,31)32)12-13-23(24)29/h4-14,16,25H,15,17-18H2,1-3H3,(H,33,37)/t25-/m1/s1. The third-order valence-electron chi connectivity index (χ3n) is 6.23. The molecule has 0 fully saturated rings. The number of amides is 2. The molecule has 1 N–H and O–H groups in total. The zero-order valence-corrected chi connectivity index (χ0v) is 24.1. The predicted molar refractivity (Wildman–Crippen MR) is 150 cm³/mol. The first-order valence-electron chi connectivity index (χ1n) is 12.3. The number of rotatable bonds is 11. The molecule has 8 nitrogen and oxygen atoms in total. The van der Waals surface area contributed by atoms with Crippen molar-refractivity contribution in [2.45, 2.75) is 25.2 Å². The van der Waals surface area contributed by atoms with E-state index in [0.29, 0.717) is 27.8 Å². The minimum absolute atomic E-state index is 0.0827. The van der Waals surface area contributed by atoms with E-state index in [1.807, 2.05) is 0 Å². The van der Waals surface area contributed by atoms with Crippen LogP contribution in [0.25, 0.3) is 0 Å². The van der Waals surface area contributed by atoms with Gasteiger partial charge in [-0.3, -0.25) is 13.9 Å². The molecule has 2 amide bonds. The van der Waals surface area contributed by atoms with E-state index in [4.69, 9.17) is 16.3 Å². The van der Waals surface area contributed by atoms with E-state index in [1.54, 1.807) is 54.6 Å². The number of halogens is 4. The van der Waals surface area contributed by atoms with Crippen LogP contribution in [0.2, 0.25) is 5.02 Å². The van der Waals surface area contributed by atoms with Crippen molar-refractivity contribution >= 4 is 39.1 Å². The number of benzene rings is 3. The second kappa shape index (κ2) is 13.3. The van der Waals surface area contributed by atoms with Gasteiger partial charge in [-0.1, -0.05) is 54.1 Å². The summed E-state index contributed by atoms with van der Waals surface area (Å²) in [7, 11) is -1.44. The van der Waals surface area contributed by atoms with Gasteiger partial charge in [0.05, 0.1) is 29.6 Å². The van der Waals surface area contributed by atoms with Crippen molar-refractivity contribution < 1.29 is 35.9 Å². The van der Waals surface area contributed by atoms with Crippen LogP contribution >= 0.6 is 11.6 Å². The Morgan fingerprint density at radius 2 is 1.66 bits per heavy atom. The minimum atomic E-state index is -4.79. The van der Waals surface area contributed by atoms with Gasteiger partial charge in [0.15, 0.2) is 0 Å². The maximum Gasteiger partial charge on any atom is 0.416 e. The summed E-state index contributed by atoms with van der Waals surface area (Å²) in [5, 5.41) is 2.24.